The molecule has 0 saturated heterocycles. The molecule has 0 bridgehead atoms. The van der Waals surface area contributed by atoms with Gasteiger partial charge in [-0.25, -0.2) is 8.42 Å². The molecule has 0 spiro atoms. The van der Waals surface area contributed by atoms with Crippen molar-refractivity contribution in [1.82, 2.24) is 5.32 Å². The Bertz CT molecular complexity index is 1360. The van der Waals surface area contributed by atoms with Crippen molar-refractivity contribution in [3.63, 3.8) is 0 Å². The molecular formula is C27H30N2O6S. The fourth-order valence-corrected chi connectivity index (χ4v) is 5.40. The molecule has 3 aromatic carbocycles. The van der Waals surface area contributed by atoms with Crippen LogP contribution < -0.4 is 23.8 Å². The summed E-state index contributed by atoms with van der Waals surface area (Å²) in [6.45, 7) is 6.22. The van der Waals surface area contributed by atoms with Crippen molar-refractivity contribution < 1.29 is 27.4 Å². The van der Waals surface area contributed by atoms with E-state index in [1.165, 1.54) is 23.5 Å². The molecule has 9 heteroatoms. The van der Waals surface area contributed by atoms with Crippen LogP contribution >= 0.6 is 0 Å². The number of benzene rings is 3. The summed E-state index contributed by atoms with van der Waals surface area (Å²) in [5.41, 5.74) is 3.44. The highest BCUT2D eigenvalue weighted by atomic mass is 32.2. The number of carbonyl (C=O) groups excluding carboxylic acids is 1. The van der Waals surface area contributed by atoms with Crippen LogP contribution in [0.2, 0.25) is 0 Å². The summed E-state index contributed by atoms with van der Waals surface area (Å²) in [4.78, 5) is 13.1. The van der Waals surface area contributed by atoms with Gasteiger partial charge >= 0.3 is 0 Å². The van der Waals surface area contributed by atoms with E-state index in [0.717, 1.165) is 22.4 Å². The van der Waals surface area contributed by atoms with Gasteiger partial charge in [0, 0.05) is 0 Å². The van der Waals surface area contributed by atoms with Gasteiger partial charge in [0.25, 0.3) is 15.9 Å². The molecule has 190 valence electrons. The molecule has 0 radical (unpaired) electrons. The number of sulfonamides is 1. The molecule has 0 unspecified atom stereocenters. The molecule has 1 heterocycles. The van der Waals surface area contributed by atoms with Crippen LogP contribution in [0, 0.1) is 20.8 Å². The fraction of sp³-hybridized carbons (Fsp3) is 0.296. The maximum Gasteiger partial charge on any atom is 0.264 e. The maximum absolute atomic E-state index is 13.6. The van der Waals surface area contributed by atoms with E-state index in [9.17, 15) is 13.2 Å². The summed E-state index contributed by atoms with van der Waals surface area (Å²) in [5.74, 6) is 1.23. The number of nitrogens with zero attached hydrogens (tertiary/aromatic N) is 1. The lowest BCUT2D eigenvalue weighted by Crippen LogP contribution is -2.51. The van der Waals surface area contributed by atoms with Gasteiger partial charge in [0.1, 0.15) is 23.9 Å². The number of methoxy groups -OCH3 is 1. The van der Waals surface area contributed by atoms with E-state index in [-0.39, 0.29) is 24.6 Å². The Hall–Kier alpha value is -3.72. The number of amides is 1. The van der Waals surface area contributed by atoms with E-state index in [1.54, 1.807) is 24.3 Å². The van der Waals surface area contributed by atoms with Crippen LogP contribution in [-0.4, -0.2) is 47.2 Å². The topological polar surface area (TPSA) is 94.2 Å². The number of rotatable bonds is 8. The Morgan fingerprint density at radius 2 is 1.83 bits per heavy atom. The zero-order valence-electron chi connectivity index (χ0n) is 20.8. The molecule has 8 nitrogen and oxygen atoms in total. The molecule has 1 atom stereocenters. The minimum atomic E-state index is -3.96. The second-order valence-electron chi connectivity index (χ2n) is 8.63. The predicted molar refractivity (Wildman–Crippen MR) is 138 cm³/mol. The first-order chi connectivity index (χ1) is 17.2. The largest absolute Gasteiger partial charge is 0.497 e. The Labute approximate surface area is 211 Å². The van der Waals surface area contributed by atoms with Crippen molar-refractivity contribution in [2.24, 2.45) is 0 Å². The van der Waals surface area contributed by atoms with Gasteiger partial charge in [0.2, 0.25) is 0 Å². The number of hydrogen-bond donors (Lipinski definition) is 1. The van der Waals surface area contributed by atoms with E-state index in [0.29, 0.717) is 17.2 Å². The summed E-state index contributed by atoms with van der Waals surface area (Å²) < 4.78 is 45.3. The van der Waals surface area contributed by atoms with E-state index in [2.05, 4.69) is 5.32 Å². The minimum absolute atomic E-state index is 0.0961. The zero-order valence-corrected chi connectivity index (χ0v) is 21.6. The molecule has 36 heavy (non-hydrogen) atoms. The molecule has 1 aliphatic heterocycles. The van der Waals surface area contributed by atoms with Crippen LogP contribution in [0.4, 0.5) is 5.69 Å². The average Bonchev–Trinajstić information content (AvgIpc) is 2.88. The average molecular weight is 511 g/mol. The monoisotopic (exact) mass is 510 g/mol. The second-order valence-corrected chi connectivity index (χ2v) is 10.5. The van der Waals surface area contributed by atoms with Crippen molar-refractivity contribution >= 4 is 21.6 Å². The smallest absolute Gasteiger partial charge is 0.264 e. The van der Waals surface area contributed by atoms with Gasteiger partial charge in [-0.05, 0) is 79.9 Å². The molecule has 0 saturated carbocycles. The standard InChI is InChI=1S/C27H30N2O6S/c1-18-8-13-25-23(16-18)29(36(31,32)22-11-9-21(33-4)10-12-22)17-26(35-25)27(30)28-14-15-34-24-7-5-6-19(2)20(24)3/h5-13,16,26H,14-15,17H2,1-4H3,(H,28,30)/t26-/m0/s1. The number of ether oxygens (including phenoxy) is 3. The molecule has 1 aliphatic rings. The van der Waals surface area contributed by atoms with E-state index < -0.39 is 22.0 Å². The Morgan fingerprint density at radius 3 is 2.56 bits per heavy atom. The second kappa shape index (κ2) is 10.5. The summed E-state index contributed by atoms with van der Waals surface area (Å²) in [7, 11) is -2.45. The molecule has 1 amide bonds. The summed E-state index contributed by atoms with van der Waals surface area (Å²) in [5, 5.41) is 2.80. The Morgan fingerprint density at radius 1 is 1.08 bits per heavy atom. The molecular weight excluding hydrogens is 480 g/mol. The first-order valence-corrected chi connectivity index (χ1v) is 13.1. The first-order valence-electron chi connectivity index (χ1n) is 11.6. The quantitative estimate of drug-likeness (QED) is 0.464. The van der Waals surface area contributed by atoms with Gasteiger partial charge in [0.15, 0.2) is 6.10 Å². The Balaban J connectivity index is 1.49. The summed E-state index contributed by atoms with van der Waals surface area (Å²) in [6, 6.07) is 17.2. The highest BCUT2D eigenvalue weighted by Crippen LogP contribution is 2.38. The highest BCUT2D eigenvalue weighted by molar-refractivity contribution is 7.92. The SMILES string of the molecule is COc1ccc(S(=O)(=O)N2C[C@@H](C(=O)NCCOc3cccc(C)c3C)Oc3ccc(C)cc32)cc1. The van der Waals surface area contributed by atoms with Crippen LogP contribution in [0.1, 0.15) is 16.7 Å². The molecule has 0 aliphatic carbocycles. The van der Waals surface area contributed by atoms with Gasteiger partial charge in [-0.1, -0.05) is 18.2 Å². The Kier molecular flexibility index (Phi) is 7.40. The van der Waals surface area contributed by atoms with E-state index in [4.69, 9.17) is 14.2 Å². The predicted octanol–water partition coefficient (Wildman–Crippen LogP) is 3.77. The normalized spacial score (nSPS) is 15.0. The minimum Gasteiger partial charge on any atom is -0.497 e. The van der Waals surface area contributed by atoms with Gasteiger partial charge in [-0.15, -0.1) is 0 Å². The van der Waals surface area contributed by atoms with Gasteiger partial charge < -0.3 is 19.5 Å². The third kappa shape index (κ3) is 5.26. The molecule has 1 N–H and O–H groups in total. The number of hydrogen-bond acceptors (Lipinski definition) is 6. The number of fused-ring (bicyclic) bond motifs is 1. The lowest BCUT2D eigenvalue weighted by atomic mass is 10.1. The van der Waals surface area contributed by atoms with Crippen molar-refractivity contribution in [2.75, 3.05) is 31.1 Å². The summed E-state index contributed by atoms with van der Waals surface area (Å²) >= 11 is 0. The number of aryl methyl sites for hydroxylation is 2. The van der Waals surface area contributed by atoms with Crippen LogP contribution in [-0.2, 0) is 14.8 Å². The number of anilines is 1. The van der Waals surface area contributed by atoms with Crippen molar-refractivity contribution in [2.45, 2.75) is 31.8 Å². The lowest BCUT2D eigenvalue weighted by Gasteiger charge is -2.35. The molecule has 0 aromatic heterocycles. The van der Waals surface area contributed by atoms with E-state index in [1.807, 2.05) is 45.0 Å². The first kappa shape index (κ1) is 25.4. The van der Waals surface area contributed by atoms with Gasteiger partial charge in [0.05, 0.1) is 30.8 Å². The molecule has 4 rings (SSSR count). The number of carbonyl (C=O) groups is 1. The highest BCUT2D eigenvalue weighted by Gasteiger charge is 2.37. The van der Waals surface area contributed by atoms with Crippen molar-refractivity contribution in [3.05, 3.63) is 77.4 Å². The van der Waals surface area contributed by atoms with E-state index >= 15 is 0 Å². The van der Waals surface area contributed by atoms with Crippen molar-refractivity contribution in [1.29, 1.82) is 0 Å². The third-order valence-electron chi connectivity index (χ3n) is 6.14. The zero-order chi connectivity index (χ0) is 25.9. The van der Waals surface area contributed by atoms with Crippen LogP contribution in [0.3, 0.4) is 0 Å². The number of nitrogens with one attached hydrogen (secondary N) is 1. The maximum atomic E-state index is 13.6. The van der Waals surface area contributed by atoms with Crippen LogP contribution in [0.15, 0.2) is 65.6 Å². The molecule has 3 aromatic rings. The van der Waals surface area contributed by atoms with Crippen molar-refractivity contribution in [3.8, 4) is 17.2 Å². The summed E-state index contributed by atoms with van der Waals surface area (Å²) in [6.07, 6.45) is -1.02. The van der Waals surface area contributed by atoms with Gasteiger partial charge in [-0.3, -0.25) is 9.10 Å². The third-order valence-corrected chi connectivity index (χ3v) is 7.93. The molecule has 0 fully saturated rings. The van der Waals surface area contributed by atoms with Crippen LogP contribution in [0.5, 0.6) is 17.2 Å². The lowest BCUT2D eigenvalue weighted by molar-refractivity contribution is -0.127. The van der Waals surface area contributed by atoms with Crippen LogP contribution in [0.25, 0.3) is 0 Å². The fourth-order valence-electron chi connectivity index (χ4n) is 3.93. The van der Waals surface area contributed by atoms with Gasteiger partial charge in [-0.2, -0.15) is 0 Å².